The second-order valence-corrected chi connectivity index (χ2v) is 6.20. The summed E-state index contributed by atoms with van der Waals surface area (Å²) in [7, 11) is 0. The summed E-state index contributed by atoms with van der Waals surface area (Å²) in [5, 5.41) is 2.13. The van der Waals surface area contributed by atoms with Crippen molar-refractivity contribution in [2.75, 3.05) is 0 Å². The Morgan fingerprint density at radius 1 is 1.25 bits per heavy atom. The number of rotatable bonds is 3. The van der Waals surface area contributed by atoms with Gasteiger partial charge in [-0.2, -0.15) is 0 Å². The summed E-state index contributed by atoms with van der Waals surface area (Å²) in [5.41, 5.74) is 4.16. The molecule has 1 aromatic carbocycles. The summed E-state index contributed by atoms with van der Waals surface area (Å²) in [4.78, 5) is 1.84. The van der Waals surface area contributed by atoms with Crippen molar-refractivity contribution in [3.8, 4) is 0 Å². The number of hydrogen-bond acceptors (Lipinski definition) is 1. The van der Waals surface area contributed by atoms with Gasteiger partial charge in [-0.05, 0) is 42.8 Å². The predicted octanol–water partition coefficient (Wildman–Crippen LogP) is 5.04. The lowest BCUT2D eigenvalue weighted by atomic mass is 10.0. The molecule has 0 aliphatic rings. The molecule has 0 aliphatic carbocycles. The van der Waals surface area contributed by atoms with Crippen LogP contribution in [0.1, 0.15) is 26.4 Å². The number of hydrogen-bond donors (Lipinski definition) is 0. The third-order valence-electron chi connectivity index (χ3n) is 2.76. The van der Waals surface area contributed by atoms with Crippen LogP contribution in [0.4, 0.5) is 0 Å². The standard InChI is InChI=1S/C14H15BrS/c1-10-5-6-11(2)12(8-10)9-13(15)14-4-3-7-16-14/h3-8,13H,9H2,1-2H3. The van der Waals surface area contributed by atoms with E-state index in [-0.39, 0.29) is 0 Å². The Bertz CT molecular complexity index is 460. The molecule has 0 aliphatic heterocycles. The maximum Gasteiger partial charge on any atom is 0.0529 e. The van der Waals surface area contributed by atoms with Crippen LogP contribution < -0.4 is 0 Å². The molecular weight excluding hydrogens is 280 g/mol. The van der Waals surface area contributed by atoms with Crippen LogP contribution in [-0.2, 0) is 6.42 Å². The summed E-state index contributed by atoms with van der Waals surface area (Å²) in [6.45, 7) is 4.33. The molecule has 2 aromatic rings. The molecule has 1 aromatic heterocycles. The van der Waals surface area contributed by atoms with E-state index in [2.05, 4.69) is 65.5 Å². The second kappa shape index (κ2) is 5.15. The highest BCUT2D eigenvalue weighted by atomic mass is 79.9. The van der Waals surface area contributed by atoms with Crippen molar-refractivity contribution in [3.05, 3.63) is 57.3 Å². The molecule has 16 heavy (non-hydrogen) atoms. The molecule has 1 unspecified atom stereocenters. The van der Waals surface area contributed by atoms with Crippen molar-refractivity contribution >= 4 is 27.3 Å². The highest BCUT2D eigenvalue weighted by molar-refractivity contribution is 9.09. The van der Waals surface area contributed by atoms with E-state index >= 15 is 0 Å². The predicted molar refractivity (Wildman–Crippen MR) is 75.6 cm³/mol. The lowest BCUT2D eigenvalue weighted by Gasteiger charge is -2.11. The van der Waals surface area contributed by atoms with Gasteiger partial charge in [-0.15, -0.1) is 11.3 Å². The van der Waals surface area contributed by atoms with E-state index in [1.165, 1.54) is 21.6 Å². The van der Waals surface area contributed by atoms with Gasteiger partial charge >= 0.3 is 0 Å². The summed E-state index contributed by atoms with van der Waals surface area (Å²) in [6, 6.07) is 11.0. The van der Waals surface area contributed by atoms with E-state index < -0.39 is 0 Å². The topological polar surface area (TPSA) is 0 Å². The highest BCUT2D eigenvalue weighted by Crippen LogP contribution is 2.31. The van der Waals surface area contributed by atoms with Crippen molar-refractivity contribution in [3.63, 3.8) is 0 Å². The van der Waals surface area contributed by atoms with Crippen molar-refractivity contribution < 1.29 is 0 Å². The van der Waals surface area contributed by atoms with Crippen LogP contribution in [0.3, 0.4) is 0 Å². The Balaban J connectivity index is 2.17. The quantitative estimate of drug-likeness (QED) is 0.696. The fraction of sp³-hybridized carbons (Fsp3) is 0.286. The van der Waals surface area contributed by atoms with Crippen molar-refractivity contribution in [1.29, 1.82) is 0 Å². The Morgan fingerprint density at radius 3 is 2.75 bits per heavy atom. The van der Waals surface area contributed by atoms with Crippen LogP contribution in [-0.4, -0.2) is 0 Å². The molecule has 0 nitrogen and oxygen atoms in total. The molecule has 0 amide bonds. The molecular formula is C14H15BrS. The molecule has 84 valence electrons. The molecule has 2 heteroatoms. The molecule has 0 saturated carbocycles. The van der Waals surface area contributed by atoms with E-state index in [1.54, 1.807) is 0 Å². The zero-order chi connectivity index (χ0) is 11.5. The van der Waals surface area contributed by atoms with E-state index in [1.807, 2.05) is 11.3 Å². The van der Waals surface area contributed by atoms with Crippen LogP contribution in [0.15, 0.2) is 35.7 Å². The number of alkyl halides is 1. The molecule has 0 N–H and O–H groups in total. The fourth-order valence-electron chi connectivity index (χ4n) is 1.78. The second-order valence-electron chi connectivity index (χ2n) is 4.12. The molecule has 0 radical (unpaired) electrons. The van der Waals surface area contributed by atoms with Crippen LogP contribution in [0.2, 0.25) is 0 Å². The van der Waals surface area contributed by atoms with Gasteiger partial charge in [0.1, 0.15) is 0 Å². The van der Waals surface area contributed by atoms with E-state index in [4.69, 9.17) is 0 Å². The number of aryl methyl sites for hydroxylation is 2. The third-order valence-corrected chi connectivity index (χ3v) is 4.86. The fourth-order valence-corrected chi connectivity index (χ4v) is 3.31. The first kappa shape index (κ1) is 11.9. The lowest BCUT2D eigenvalue weighted by molar-refractivity contribution is 0.955. The van der Waals surface area contributed by atoms with Gasteiger partial charge in [0, 0.05) is 4.88 Å². The van der Waals surface area contributed by atoms with Gasteiger partial charge in [-0.1, -0.05) is 45.8 Å². The maximum absolute atomic E-state index is 3.77. The largest absolute Gasteiger partial charge is 0.148 e. The Kier molecular flexibility index (Phi) is 3.82. The molecule has 1 atom stereocenters. The maximum atomic E-state index is 3.77. The monoisotopic (exact) mass is 294 g/mol. The number of halogens is 1. The minimum atomic E-state index is 0.438. The lowest BCUT2D eigenvalue weighted by Crippen LogP contribution is -1.96. The van der Waals surface area contributed by atoms with Gasteiger partial charge in [0.25, 0.3) is 0 Å². The molecule has 0 fully saturated rings. The van der Waals surface area contributed by atoms with E-state index in [0.29, 0.717) is 4.83 Å². The van der Waals surface area contributed by atoms with Gasteiger partial charge < -0.3 is 0 Å². The van der Waals surface area contributed by atoms with Gasteiger partial charge in [-0.3, -0.25) is 0 Å². The van der Waals surface area contributed by atoms with Crippen LogP contribution >= 0.6 is 27.3 Å². The number of benzene rings is 1. The molecule has 0 saturated heterocycles. The third kappa shape index (κ3) is 2.74. The minimum absolute atomic E-state index is 0.438. The van der Waals surface area contributed by atoms with Gasteiger partial charge in [-0.25, -0.2) is 0 Å². The van der Waals surface area contributed by atoms with Crippen LogP contribution in [0, 0.1) is 13.8 Å². The van der Waals surface area contributed by atoms with E-state index in [9.17, 15) is 0 Å². The zero-order valence-electron chi connectivity index (χ0n) is 9.53. The first-order chi connectivity index (χ1) is 7.66. The summed E-state index contributed by atoms with van der Waals surface area (Å²) in [6.07, 6.45) is 1.06. The smallest absolute Gasteiger partial charge is 0.0529 e. The summed E-state index contributed by atoms with van der Waals surface area (Å²) >= 11 is 5.58. The van der Waals surface area contributed by atoms with Crippen molar-refractivity contribution in [1.82, 2.24) is 0 Å². The first-order valence-electron chi connectivity index (χ1n) is 5.40. The zero-order valence-corrected chi connectivity index (χ0v) is 11.9. The van der Waals surface area contributed by atoms with Gasteiger partial charge in [0.2, 0.25) is 0 Å². The van der Waals surface area contributed by atoms with Gasteiger partial charge in [0.15, 0.2) is 0 Å². The van der Waals surface area contributed by atoms with Gasteiger partial charge in [0.05, 0.1) is 4.83 Å². The number of thiophene rings is 1. The average Bonchev–Trinajstić information content (AvgIpc) is 2.76. The Morgan fingerprint density at radius 2 is 2.06 bits per heavy atom. The first-order valence-corrected chi connectivity index (χ1v) is 7.20. The molecule has 1 heterocycles. The van der Waals surface area contributed by atoms with E-state index in [0.717, 1.165) is 6.42 Å². The normalized spacial score (nSPS) is 12.7. The minimum Gasteiger partial charge on any atom is -0.148 e. The van der Waals surface area contributed by atoms with Crippen molar-refractivity contribution in [2.24, 2.45) is 0 Å². The van der Waals surface area contributed by atoms with Crippen LogP contribution in [0.25, 0.3) is 0 Å². The Hall–Kier alpha value is -0.600. The SMILES string of the molecule is Cc1ccc(C)c(CC(Br)c2cccs2)c1. The molecule has 0 spiro atoms. The highest BCUT2D eigenvalue weighted by Gasteiger charge is 2.10. The average molecular weight is 295 g/mol. The van der Waals surface area contributed by atoms with Crippen LogP contribution in [0.5, 0.6) is 0 Å². The summed E-state index contributed by atoms with van der Waals surface area (Å²) < 4.78 is 0. The Labute approximate surface area is 109 Å². The molecule has 0 bridgehead atoms. The summed E-state index contributed by atoms with van der Waals surface area (Å²) in [5.74, 6) is 0. The molecule has 2 rings (SSSR count). The van der Waals surface area contributed by atoms with Crippen molar-refractivity contribution in [2.45, 2.75) is 25.1 Å².